The molecule has 0 nitrogen and oxygen atoms in total. The zero-order chi connectivity index (χ0) is 12.2. The quantitative estimate of drug-likeness (QED) is 0.518. The summed E-state index contributed by atoms with van der Waals surface area (Å²) in [6, 6.07) is 31.0. The summed E-state index contributed by atoms with van der Waals surface area (Å²) in [5.74, 6) is 0. The summed E-state index contributed by atoms with van der Waals surface area (Å²) < 4.78 is 0. The number of hydrogen-bond acceptors (Lipinski definition) is 0. The van der Waals surface area contributed by atoms with Crippen molar-refractivity contribution in [3.63, 3.8) is 0 Å². The van der Waals surface area contributed by atoms with Gasteiger partial charge in [-0.1, -0.05) is 27.0 Å². The molecule has 0 N–H and O–H groups in total. The van der Waals surface area contributed by atoms with Gasteiger partial charge in [0.25, 0.3) is 0 Å². The smallest absolute Gasteiger partial charge is 0.152 e. The Hall–Kier alpha value is -1.76. The first kappa shape index (κ1) is 19.2. The van der Waals surface area contributed by atoms with Gasteiger partial charge in [-0.2, -0.15) is 11.1 Å². The molecule has 3 rings (SSSR count). The van der Waals surface area contributed by atoms with Gasteiger partial charge in [-0.05, 0) is 0 Å². The second kappa shape index (κ2) is 9.23. The van der Waals surface area contributed by atoms with Crippen molar-refractivity contribution in [2.24, 2.45) is 0 Å². The van der Waals surface area contributed by atoms with Crippen LogP contribution in [0, 0.1) is 12.1 Å². The first-order valence-electron chi connectivity index (χ1n) is 5.98. The summed E-state index contributed by atoms with van der Waals surface area (Å²) in [5, 5.41) is 0. The van der Waals surface area contributed by atoms with Gasteiger partial charge in [0, 0.05) is 0 Å². The van der Waals surface area contributed by atoms with Crippen LogP contribution in [-0.2, 0) is 18.6 Å². The number of hydrogen-bond donors (Lipinski definition) is 0. The zero-order valence-corrected chi connectivity index (χ0v) is 11.8. The number of benzene rings is 3. The molecule has 1 heteroatoms. The molecule has 21 heavy (non-hydrogen) atoms. The normalized spacial score (nSPS) is 8.76. The predicted molar refractivity (Wildman–Crippen MR) is 88.4 cm³/mol. The van der Waals surface area contributed by atoms with Crippen molar-refractivity contribution in [1.82, 2.24) is 0 Å². The number of rotatable bonds is 2. The van der Waals surface area contributed by atoms with Crippen LogP contribution in [0.5, 0.6) is 0 Å². The maximum atomic E-state index is 3.28. The minimum absolute atomic E-state index is 0. The molecule has 0 fully saturated rings. The predicted octanol–water partition coefficient (Wildman–Crippen LogP) is 5.89. The van der Waals surface area contributed by atoms with E-state index >= 15 is 0 Å². The third-order valence-electron chi connectivity index (χ3n) is 2.93. The van der Waals surface area contributed by atoms with Gasteiger partial charge in [-0.25, -0.2) is 0 Å². The van der Waals surface area contributed by atoms with Crippen molar-refractivity contribution in [2.75, 3.05) is 0 Å². The van der Waals surface area contributed by atoms with Gasteiger partial charge in [-0.15, -0.1) is 83.9 Å². The fourth-order valence-corrected chi connectivity index (χ4v) is 2.07. The second-order valence-corrected chi connectivity index (χ2v) is 4.10. The summed E-state index contributed by atoms with van der Waals surface area (Å²) >= 11 is 0. The fourth-order valence-electron chi connectivity index (χ4n) is 2.07. The molecule has 0 unspecified atom stereocenters. The van der Waals surface area contributed by atoms with E-state index in [4.69, 9.17) is 0 Å². The van der Waals surface area contributed by atoms with Crippen LogP contribution >= 0.6 is 0 Å². The van der Waals surface area contributed by atoms with Crippen molar-refractivity contribution in [1.29, 1.82) is 0 Å². The van der Waals surface area contributed by atoms with E-state index < -0.39 is 0 Å². The van der Waals surface area contributed by atoms with Crippen molar-refractivity contribution < 1.29 is 18.6 Å². The topological polar surface area (TPSA) is 0 Å². The Balaban J connectivity index is 0.00000133. The molecule has 0 heterocycles. The van der Waals surface area contributed by atoms with E-state index in [-0.39, 0.29) is 33.4 Å². The average Bonchev–Trinajstić information content (AvgIpc) is 2.49. The van der Waals surface area contributed by atoms with E-state index in [9.17, 15) is 0 Å². The molecule has 0 aromatic heterocycles. The Morgan fingerprint density at radius 2 is 0.905 bits per heavy atom. The van der Waals surface area contributed by atoms with Gasteiger partial charge >= 0.3 is 18.6 Å². The van der Waals surface area contributed by atoms with Gasteiger partial charge < -0.3 is 0 Å². The van der Waals surface area contributed by atoms with Crippen molar-refractivity contribution >= 4 is 0 Å². The SMILES string of the molecule is C.C.[V+2].[c-]1ccccc1-c1ccccc1-c1[c-]cccc1. The maximum absolute atomic E-state index is 3.28. The molecule has 0 amide bonds. The van der Waals surface area contributed by atoms with Crippen LogP contribution in [0.3, 0.4) is 0 Å². The van der Waals surface area contributed by atoms with Crippen LogP contribution in [0.1, 0.15) is 14.9 Å². The van der Waals surface area contributed by atoms with Crippen LogP contribution in [0.25, 0.3) is 22.3 Å². The summed E-state index contributed by atoms with van der Waals surface area (Å²) in [5.41, 5.74) is 4.62. The molecule has 105 valence electrons. The maximum Gasteiger partial charge on any atom is 2.00 e. The molecule has 0 spiro atoms. The molecule has 0 aliphatic carbocycles. The molecule has 3 aromatic rings. The summed E-state index contributed by atoms with van der Waals surface area (Å²) in [4.78, 5) is 0. The minimum atomic E-state index is 0. The van der Waals surface area contributed by atoms with Crippen LogP contribution in [0.4, 0.5) is 0 Å². The Morgan fingerprint density at radius 3 is 1.24 bits per heavy atom. The van der Waals surface area contributed by atoms with Crippen LogP contribution in [-0.4, -0.2) is 0 Å². The molecule has 0 aliphatic rings. The molecular weight excluding hydrogens is 291 g/mol. The Bertz CT molecular complexity index is 572. The summed E-state index contributed by atoms with van der Waals surface area (Å²) in [6.45, 7) is 0. The van der Waals surface area contributed by atoms with E-state index in [1.54, 1.807) is 0 Å². The van der Waals surface area contributed by atoms with E-state index in [2.05, 4.69) is 48.5 Å². The Labute approximate surface area is 140 Å². The van der Waals surface area contributed by atoms with Crippen LogP contribution < -0.4 is 0 Å². The molecule has 0 saturated carbocycles. The van der Waals surface area contributed by atoms with Gasteiger partial charge in [-0.3, -0.25) is 0 Å². The second-order valence-electron chi connectivity index (χ2n) is 4.10. The standard InChI is InChI=1S/C18H12.2CH4.V/c1-3-9-15(10-4-1)17-13-7-8-14-18(17)16-11-5-2-6-12-16;;;/h1-9,11,13-14H;2*1H4;/q-2;;;+2. The van der Waals surface area contributed by atoms with Gasteiger partial charge in [0.2, 0.25) is 0 Å². The van der Waals surface area contributed by atoms with Crippen molar-refractivity contribution in [3.05, 3.63) is 84.9 Å². The summed E-state index contributed by atoms with van der Waals surface area (Å²) in [7, 11) is 0. The third-order valence-corrected chi connectivity index (χ3v) is 2.93. The van der Waals surface area contributed by atoms with E-state index in [1.807, 2.05) is 36.4 Å². The Morgan fingerprint density at radius 1 is 0.524 bits per heavy atom. The minimum Gasteiger partial charge on any atom is -0.152 e. The molecule has 0 aliphatic heterocycles. The molecular formula is C20H20V. The Kier molecular flexibility index (Phi) is 8.46. The molecule has 1 radical (unpaired) electrons. The average molecular weight is 311 g/mol. The van der Waals surface area contributed by atoms with Crippen LogP contribution in [0.2, 0.25) is 0 Å². The van der Waals surface area contributed by atoms with E-state index in [1.165, 1.54) is 11.1 Å². The zero-order valence-electron chi connectivity index (χ0n) is 10.4. The monoisotopic (exact) mass is 311 g/mol. The fraction of sp³-hybridized carbons (Fsp3) is 0.100. The van der Waals surface area contributed by atoms with Crippen LogP contribution in [0.15, 0.2) is 72.8 Å². The molecule has 0 bridgehead atoms. The first-order chi connectivity index (χ1) is 8.95. The first-order valence-corrected chi connectivity index (χ1v) is 5.98. The van der Waals surface area contributed by atoms with E-state index in [0.717, 1.165) is 11.1 Å². The van der Waals surface area contributed by atoms with Gasteiger partial charge in [0.05, 0.1) is 0 Å². The van der Waals surface area contributed by atoms with Crippen molar-refractivity contribution in [2.45, 2.75) is 14.9 Å². The summed E-state index contributed by atoms with van der Waals surface area (Å²) in [6.07, 6.45) is 0. The van der Waals surface area contributed by atoms with E-state index in [0.29, 0.717) is 0 Å². The largest absolute Gasteiger partial charge is 2.00 e. The third kappa shape index (κ3) is 4.36. The molecule has 3 aromatic carbocycles. The molecule has 0 atom stereocenters. The van der Waals surface area contributed by atoms with Gasteiger partial charge in [0.15, 0.2) is 0 Å². The van der Waals surface area contributed by atoms with Crippen molar-refractivity contribution in [3.8, 4) is 22.3 Å². The molecule has 0 saturated heterocycles. The van der Waals surface area contributed by atoms with Gasteiger partial charge in [0.1, 0.15) is 0 Å².